The summed E-state index contributed by atoms with van der Waals surface area (Å²) in [4.78, 5) is 22.2. The lowest BCUT2D eigenvalue weighted by Gasteiger charge is -2.07. The molecule has 0 aliphatic rings. The van der Waals surface area contributed by atoms with Gasteiger partial charge in [0.2, 0.25) is 5.91 Å². The molecule has 0 aliphatic carbocycles. The molecule has 92 valence electrons. The number of benzene rings is 1. The van der Waals surface area contributed by atoms with Gasteiger partial charge in [-0.3, -0.25) is 9.59 Å². The summed E-state index contributed by atoms with van der Waals surface area (Å²) < 4.78 is 0. The molecule has 0 aromatic heterocycles. The first-order valence-electron chi connectivity index (χ1n) is 5.02. The Morgan fingerprint density at radius 3 is 2.59 bits per heavy atom. The van der Waals surface area contributed by atoms with Gasteiger partial charge in [-0.15, -0.1) is 0 Å². The standard InChI is InChI=1S/C11H13ClN2O3/c1-7(15)13-4-5-14-11(17)9-6-8(12)2-3-10(9)16/h2-3,6,16H,4-5H2,1H3,(H,13,15)(H,14,17). The second-order valence-electron chi connectivity index (χ2n) is 3.40. The highest BCUT2D eigenvalue weighted by molar-refractivity contribution is 6.31. The van der Waals surface area contributed by atoms with Crippen molar-refractivity contribution in [1.82, 2.24) is 10.6 Å². The second kappa shape index (κ2) is 6.10. The van der Waals surface area contributed by atoms with E-state index >= 15 is 0 Å². The van der Waals surface area contributed by atoms with Gasteiger partial charge in [-0.05, 0) is 18.2 Å². The largest absolute Gasteiger partial charge is 0.507 e. The lowest BCUT2D eigenvalue weighted by molar-refractivity contribution is -0.118. The second-order valence-corrected chi connectivity index (χ2v) is 3.84. The predicted molar refractivity (Wildman–Crippen MR) is 64.1 cm³/mol. The highest BCUT2D eigenvalue weighted by atomic mass is 35.5. The summed E-state index contributed by atoms with van der Waals surface area (Å²) in [7, 11) is 0. The van der Waals surface area contributed by atoms with Crippen molar-refractivity contribution in [2.24, 2.45) is 0 Å². The SMILES string of the molecule is CC(=O)NCCNC(=O)c1cc(Cl)ccc1O. The van der Waals surface area contributed by atoms with Crippen molar-refractivity contribution in [3.8, 4) is 5.75 Å². The summed E-state index contributed by atoms with van der Waals surface area (Å²) >= 11 is 5.72. The van der Waals surface area contributed by atoms with Crippen molar-refractivity contribution in [2.45, 2.75) is 6.92 Å². The zero-order chi connectivity index (χ0) is 12.8. The molecule has 0 aliphatic heterocycles. The summed E-state index contributed by atoms with van der Waals surface area (Å²) in [5, 5.41) is 14.9. The Hall–Kier alpha value is -1.75. The normalized spacial score (nSPS) is 9.76. The lowest BCUT2D eigenvalue weighted by Crippen LogP contribution is -2.33. The molecule has 0 unspecified atom stereocenters. The quantitative estimate of drug-likeness (QED) is 0.701. The number of aromatic hydroxyl groups is 1. The van der Waals surface area contributed by atoms with Crippen LogP contribution in [0.25, 0.3) is 0 Å². The Bertz CT molecular complexity index is 435. The average Bonchev–Trinajstić information content (AvgIpc) is 2.27. The number of phenolic OH excluding ortho intramolecular Hbond substituents is 1. The average molecular weight is 257 g/mol. The van der Waals surface area contributed by atoms with E-state index in [1.54, 1.807) is 0 Å². The zero-order valence-electron chi connectivity index (χ0n) is 9.29. The van der Waals surface area contributed by atoms with Gasteiger partial charge in [-0.25, -0.2) is 0 Å². The van der Waals surface area contributed by atoms with Crippen LogP contribution in [0.3, 0.4) is 0 Å². The van der Waals surface area contributed by atoms with Gasteiger partial charge in [-0.2, -0.15) is 0 Å². The fraction of sp³-hybridized carbons (Fsp3) is 0.273. The maximum Gasteiger partial charge on any atom is 0.255 e. The number of halogens is 1. The van der Waals surface area contributed by atoms with Crippen LogP contribution in [-0.2, 0) is 4.79 Å². The Labute approximate surface area is 104 Å². The van der Waals surface area contributed by atoms with E-state index in [1.807, 2.05) is 0 Å². The van der Waals surface area contributed by atoms with Gasteiger partial charge < -0.3 is 15.7 Å². The van der Waals surface area contributed by atoms with Gasteiger partial charge in [-0.1, -0.05) is 11.6 Å². The van der Waals surface area contributed by atoms with E-state index < -0.39 is 5.91 Å². The molecule has 17 heavy (non-hydrogen) atoms. The molecule has 3 N–H and O–H groups in total. The Kier molecular flexibility index (Phi) is 4.78. The summed E-state index contributed by atoms with van der Waals surface area (Å²) in [5.74, 6) is -0.730. The first kappa shape index (κ1) is 13.3. The van der Waals surface area contributed by atoms with Gasteiger partial charge in [0.1, 0.15) is 5.75 Å². The van der Waals surface area contributed by atoms with Crippen molar-refractivity contribution in [2.75, 3.05) is 13.1 Å². The van der Waals surface area contributed by atoms with Crippen LogP contribution in [-0.4, -0.2) is 30.0 Å². The van der Waals surface area contributed by atoms with Crippen LogP contribution in [0.2, 0.25) is 5.02 Å². The molecule has 0 heterocycles. The van der Waals surface area contributed by atoms with E-state index in [9.17, 15) is 14.7 Å². The first-order valence-corrected chi connectivity index (χ1v) is 5.39. The van der Waals surface area contributed by atoms with Crippen molar-refractivity contribution < 1.29 is 14.7 Å². The molecule has 6 heteroatoms. The summed E-state index contributed by atoms with van der Waals surface area (Å²) in [5.41, 5.74) is 0.111. The van der Waals surface area contributed by atoms with Gasteiger partial charge in [0.05, 0.1) is 5.56 Å². The predicted octanol–water partition coefficient (Wildman–Crippen LogP) is 0.911. The van der Waals surface area contributed by atoms with Crippen molar-refractivity contribution in [3.05, 3.63) is 28.8 Å². The van der Waals surface area contributed by atoms with Crippen molar-refractivity contribution in [3.63, 3.8) is 0 Å². The van der Waals surface area contributed by atoms with Gasteiger partial charge in [0, 0.05) is 25.0 Å². The lowest BCUT2D eigenvalue weighted by atomic mass is 10.2. The number of phenols is 1. The Morgan fingerprint density at radius 2 is 1.94 bits per heavy atom. The summed E-state index contributed by atoms with van der Waals surface area (Å²) in [6, 6.07) is 4.22. The molecule has 0 spiro atoms. The van der Waals surface area contributed by atoms with Gasteiger partial charge in [0.25, 0.3) is 5.91 Å². The van der Waals surface area contributed by atoms with Crippen molar-refractivity contribution >= 4 is 23.4 Å². The summed E-state index contributed by atoms with van der Waals surface area (Å²) in [6.45, 7) is 2.01. The third kappa shape index (κ3) is 4.32. The van der Waals surface area contributed by atoms with E-state index in [-0.39, 0.29) is 23.8 Å². The third-order valence-corrected chi connectivity index (χ3v) is 2.22. The van der Waals surface area contributed by atoms with Crippen LogP contribution in [0.15, 0.2) is 18.2 Å². The fourth-order valence-corrected chi connectivity index (χ4v) is 1.37. The first-order chi connectivity index (χ1) is 8.00. The highest BCUT2D eigenvalue weighted by Crippen LogP contribution is 2.20. The third-order valence-electron chi connectivity index (χ3n) is 1.99. The maximum absolute atomic E-state index is 11.6. The molecule has 5 nitrogen and oxygen atoms in total. The number of rotatable bonds is 4. The number of hydrogen-bond donors (Lipinski definition) is 3. The monoisotopic (exact) mass is 256 g/mol. The summed E-state index contributed by atoms with van der Waals surface area (Å²) in [6.07, 6.45) is 0. The van der Waals surface area contributed by atoms with Crippen LogP contribution in [0.5, 0.6) is 5.75 Å². The van der Waals surface area contributed by atoms with Gasteiger partial charge in [0.15, 0.2) is 0 Å². The molecule has 1 aromatic rings. The number of carbonyl (C=O) groups excluding carboxylic acids is 2. The van der Waals surface area contributed by atoms with E-state index in [1.165, 1.54) is 25.1 Å². The van der Waals surface area contributed by atoms with E-state index in [0.29, 0.717) is 11.6 Å². The zero-order valence-corrected chi connectivity index (χ0v) is 10.0. The molecule has 0 radical (unpaired) electrons. The number of amides is 2. The van der Waals surface area contributed by atoms with E-state index in [4.69, 9.17) is 11.6 Å². The number of hydrogen-bond acceptors (Lipinski definition) is 3. The van der Waals surface area contributed by atoms with E-state index in [0.717, 1.165) is 0 Å². The van der Waals surface area contributed by atoms with Crippen LogP contribution >= 0.6 is 11.6 Å². The maximum atomic E-state index is 11.6. The molecule has 0 saturated heterocycles. The van der Waals surface area contributed by atoms with Crippen LogP contribution in [0.4, 0.5) is 0 Å². The van der Waals surface area contributed by atoms with Gasteiger partial charge >= 0.3 is 0 Å². The Morgan fingerprint density at radius 1 is 1.29 bits per heavy atom. The molecule has 0 atom stereocenters. The van der Waals surface area contributed by atoms with Crippen molar-refractivity contribution in [1.29, 1.82) is 0 Å². The minimum atomic E-state index is -0.435. The minimum Gasteiger partial charge on any atom is -0.507 e. The number of nitrogens with one attached hydrogen (secondary N) is 2. The molecule has 0 fully saturated rings. The Balaban J connectivity index is 2.52. The molecule has 2 amide bonds. The molecule has 0 saturated carbocycles. The molecule has 0 bridgehead atoms. The minimum absolute atomic E-state index is 0.111. The van der Waals surface area contributed by atoms with E-state index in [2.05, 4.69) is 10.6 Å². The number of carbonyl (C=O) groups is 2. The molecular formula is C11H13ClN2O3. The molecule has 1 aromatic carbocycles. The highest BCUT2D eigenvalue weighted by Gasteiger charge is 2.10. The smallest absolute Gasteiger partial charge is 0.255 e. The fourth-order valence-electron chi connectivity index (χ4n) is 1.20. The van der Waals surface area contributed by atoms with Crippen LogP contribution in [0.1, 0.15) is 17.3 Å². The van der Waals surface area contributed by atoms with Crippen LogP contribution in [0, 0.1) is 0 Å². The topological polar surface area (TPSA) is 78.4 Å². The molecule has 1 rings (SSSR count). The van der Waals surface area contributed by atoms with Crippen LogP contribution < -0.4 is 10.6 Å². The molecular weight excluding hydrogens is 244 g/mol.